The van der Waals surface area contributed by atoms with Crippen LogP contribution in [0.2, 0.25) is 0 Å². The molecule has 114 valence electrons. The number of ether oxygens (including phenoxy) is 1. The third kappa shape index (κ3) is 5.22. The van der Waals surface area contributed by atoms with Gasteiger partial charge in [0, 0.05) is 19.0 Å². The Morgan fingerprint density at radius 1 is 1.52 bits per heavy atom. The van der Waals surface area contributed by atoms with E-state index in [9.17, 15) is 14.4 Å². The van der Waals surface area contributed by atoms with Gasteiger partial charge in [-0.1, -0.05) is 6.08 Å². The van der Waals surface area contributed by atoms with E-state index < -0.39 is 24.0 Å². The van der Waals surface area contributed by atoms with Crippen molar-refractivity contribution in [1.82, 2.24) is 15.6 Å². The number of esters is 1. The number of urea groups is 1. The van der Waals surface area contributed by atoms with Gasteiger partial charge in [0.25, 0.3) is 5.91 Å². The maximum Gasteiger partial charge on any atom is 0.358 e. The lowest BCUT2D eigenvalue weighted by Gasteiger charge is -2.11. The molecule has 0 radical (unpaired) electrons. The molecule has 0 saturated heterocycles. The summed E-state index contributed by atoms with van der Waals surface area (Å²) in [6.45, 7) is 5.43. The molecule has 1 rings (SSSR count). The van der Waals surface area contributed by atoms with Gasteiger partial charge >= 0.3 is 12.0 Å². The Kier molecular flexibility index (Phi) is 6.34. The van der Waals surface area contributed by atoms with Gasteiger partial charge in [-0.25, -0.2) is 14.6 Å². The monoisotopic (exact) mass is 312 g/mol. The van der Waals surface area contributed by atoms with Crippen molar-refractivity contribution in [2.45, 2.75) is 13.0 Å². The van der Waals surface area contributed by atoms with E-state index >= 15 is 0 Å². The second-order valence-electron chi connectivity index (χ2n) is 3.82. The van der Waals surface area contributed by atoms with Crippen LogP contribution in [-0.4, -0.2) is 42.6 Å². The zero-order valence-corrected chi connectivity index (χ0v) is 12.5. The van der Waals surface area contributed by atoms with Crippen molar-refractivity contribution in [2.75, 3.05) is 18.9 Å². The molecule has 0 aliphatic heterocycles. The van der Waals surface area contributed by atoms with Crippen molar-refractivity contribution in [3.05, 3.63) is 23.7 Å². The molecule has 3 amide bonds. The van der Waals surface area contributed by atoms with Gasteiger partial charge in [0.15, 0.2) is 16.9 Å². The van der Waals surface area contributed by atoms with Crippen molar-refractivity contribution in [3.8, 4) is 0 Å². The molecule has 9 heteroatoms. The Morgan fingerprint density at radius 2 is 2.24 bits per heavy atom. The number of hydrogen-bond acceptors (Lipinski definition) is 7. The minimum Gasteiger partial charge on any atom is -0.448 e. The molecular formula is C12H16N4O4S. The van der Waals surface area contributed by atoms with E-state index in [0.29, 0.717) is 11.7 Å². The van der Waals surface area contributed by atoms with Gasteiger partial charge in [-0.3, -0.25) is 10.1 Å². The highest BCUT2D eigenvalue weighted by Crippen LogP contribution is 2.16. The summed E-state index contributed by atoms with van der Waals surface area (Å²) in [7, 11) is 1.37. The van der Waals surface area contributed by atoms with Gasteiger partial charge in [-0.05, 0) is 6.92 Å². The minimum absolute atomic E-state index is 0.0890. The number of carbonyl (C=O) groups is 3. The normalized spacial score (nSPS) is 11.1. The molecule has 0 aromatic carbocycles. The van der Waals surface area contributed by atoms with Gasteiger partial charge in [0.05, 0.1) is 0 Å². The van der Waals surface area contributed by atoms with Crippen molar-refractivity contribution >= 4 is 34.4 Å². The topological polar surface area (TPSA) is 109 Å². The number of hydrogen-bond donors (Lipinski definition) is 3. The molecule has 0 spiro atoms. The first kappa shape index (κ1) is 16.6. The smallest absolute Gasteiger partial charge is 0.358 e. The highest BCUT2D eigenvalue weighted by atomic mass is 32.1. The van der Waals surface area contributed by atoms with Crippen LogP contribution in [0.1, 0.15) is 17.4 Å². The SMILES string of the molecule is C=CCNc1nc(C(=O)O[C@H](C)C(=O)NC(=O)NC)cs1. The number of aromatic nitrogens is 1. The lowest BCUT2D eigenvalue weighted by Crippen LogP contribution is -2.43. The van der Waals surface area contributed by atoms with E-state index in [4.69, 9.17) is 4.74 Å². The summed E-state index contributed by atoms with van der Waals surface area (Å²) >= 11 is 1.23. The van der Waals surface area contributed by atoms with E-state index in [1.807, 2.05) is 5.32 Å². The van der Waals surface area contributed by atoms with Crippen LogP contribution >= 0.6 is 11.3 Å². The number of rotatable bonds is 6. The first-order valence-electron chi connectivity index (χ1n) is 6.01. The fourth-order valence-electron chi connectivity index (χ4n) is 1.16. The first-order chi connectivity index (χ1) is 9.97. The van der Waals surface area contributed by atoms with Crippen LogP contribution in [0.3, 0.4) is 0 Å². The predicted molar refractivity (Wildman–Crippen MR) is 78.3 cm³/mol. The molecule has 0 fully saturated rings. The van der Waals surface area contributed by atoms with Gasteiger partial charge in [-0.15, -0.1) is 17.9 Å². The fraction of sp³-hybridized carbons (Fsp3) is 0.333. The third-order valence-corrected chi connectivity index (χ3v) is 3.03. The zero-order chi connectivity index (χ0) is 15.8. The van der Waals surface area contributed by atoms with Crippen LogP contribution in [-0.2, 0) is 9.53 Å². The molecule has 1 aromatic heterocycles. The molecule has 8 nitrogen and oxygen atoms in total. The van der Waals surface area contributed by atoms with Crippen molar-refractivity contribution < 1.29 is 19.1 Å². The average molecular weight is 312 g/mol. The molecule has 1 aromatic rings. The quantitative estimate of drug-likeness (QED) is 0.528. The van der Waals surface area contributed by atoms with E-state index in [0.717, 1.165) is 0 Å². The summed E-state index contributed by atoms with van der Waals surface area (Å²) in [5.74, 6) is -1.46. The average Bonchev–Trinajstić information content (AvgIpc) is 2.93. The van der Waals surface area contributed by atoms with Crippen LogP contribution in [0, 0.1) is 0 Å². The highest BCUT2D eigenvalue weighted by molar-refractivity contribution is 7.13. The molecule has 1 atom stereocenters. The largest absolute Gasteiger partial charge is 0.448 e. The van der Waals surface area contributed by atoms with Gasteiger partial charge in [0.1, 0.15) is 0 Å². The van der Waals surface area contributed by atoms with Crippen LogP contribution in [0.4, 0.5) is 9.93 Å². The highest BCUT2D eigenvalue weighted by Gasteiger charge is 2.21. The number of imide groups is 1. The Balaban J connectivity index is 2.55. The zero-order valence-electron chi connectivity index (χ0n) is 11.6. The molecule has 0 bridgehead atoms. The first-order valence-corrected chi connectivity index (χ1v) is 6.89. The summed E-state index contributed by atoms with van der Waals surface area (Å²) in [6.07, 6.45) is 0.547. The number of nitrogens with zero attached hydrogens (tertiary/aromatic N) is 1. The van der Waals surface area contributed by atoms with Crippen molar-refractivity contribution in [2.24, 2.45) is 0 Å². The standard InChI is InChI=1S/C12H16N4O4S/c1-4-5-14-12-15-8(6-21-12)10(18)20-7(2)9(17)16-11(19)13-3/h4,6-7H,1,5H2,2-3H3,(H,14,15)(H2,13,16,17,19)/t7-/m1/s1. The Morgan fingerprint density at radius 3 is 2.86 bits per heavy atom. The molecule has 3 N–H and O–H groups in total. The van der Waals surface area contributed by atoms with Gasteiger partial charge in [-0.2, -0.15) is 0 Å². The lowest BCUT2D eigenvalue weighted by molar-refractivity contribution is -0.127. The number of amides is 3. The van der Waals surface area contributed by atoms with E-state index in [-0.39, 0.29) is 5.69 Å². The number of carbonyl (C=O) groups excluding carboxylic acids is 3. The van der Waals surface area contributed by atoms with Crippen molar-refractivity contribution in [3.63, 3.8) is 0 Å². The summed E-state index contributed by atoms with van der Waals surface area (Å²) in [6, 6.07) is -0.674. The molecule has 0 unspecified atom stereocenters. The van der Waals surface area contributed by atoms with Crippen LogP contribution < -0.4 is 16.0 Å². The number of thiazole rings is 1. The molecule has 0 aliphatic rings. The summed E-state index contributed by atoms with van der Waals surface area (Å²) in [5, 5.41) is 9.22. The van der Waals surface area contributed by atoms with E-state index in [2.05, 4.69) is 22.2 Å². The third-order valence-electron chi connectivity index (χ3n) is 2.23. The summed E-state index contributed by atoms with van der Waals surface area (Å²) in [5.41, 5.74) is 0.0890. The summed E-state index contributed by atoms with van der Waals surface area (Å²) < 4.78 is 4.93. The van der Waals surface area contributed by atoms with E-state index in [1.54, 1.807) is 6.08 Å². The molecule has 0 aliphatic carbocycles. The number of anilines is 1. The summed E-state index contributed by atoms with van der Waals surface area (Å²) in [4.78, 5) is 38.3. The minimum atomic E-state index is -1.11. The number of nitrogens with one attached hydrogen (secondary N) is 3. The van der Waals surface area contributed by atoms with Crippen molar-refractivity contribution in [1.29, 1.82) is 0 Å². The van der Waals surface area contributed by atoms with Gasteiger partial charge < -0.3 is 15.4 Å². The maximum absolute atomic E-state index is 11.8. The molecular weight excluding hydrogens is 296 g/mol. The molecule has 1 heterocycles. The Labute approximate surface area is 125 Å². The van der Waals surface area contributed by atoms with Crippen LogP contribution in [0.5, 0.6) is 0 Å². The van der Waals surface area contributed by atoms with Crippen LogP contribution in [0.15, 0.2) is 18.0 Å². The molecule has 21 heavy (non-hydrogen) atoms. The fourth-order valence-corrected chi connectivity index (χ4v) is 1.85. The Hall–Kier alpha value is -2.42. The lowest BCUT2D eigenvalue weighted by atomic mass is 10.3. The maximum atomic E-state index is 11.8. The van der Waals surface area contributed by atoms with Crippen LogP contribution in [0.25, 0.3) is 0 Å². The van der Waals surface area contributed by atoms with Gasteiger partial charge in [0.2, 0.25) is 0 Å². The van der Waals surface area contributed by atoms with E-state index in [1.165, 1.54) is 30.7 Å². The second-order valence-corrected chi connectivity index (χ2v) is 4.68. The Bertz CT molecular complexity index is 543. The predicted octanol–water partition coefficient (Wildman–Crippen LogP) is 0.742. The molecule has 0 saturated carbocycles. The second kappa shape index (κ2) is 8.00.